The Morgan fingerprint density at radius 1 is 1.64 bits per heavy atom. The molecule has 0 aliphatic carbocycles. The Kier molecular flexibility index (Phi) is 5.75. The van der Waals surface area contributed by atoms with E-state index in [0.717, 1.165) is 6.42 Å². The van der Waals surface area contributed by atoms with E-state index >= 15 is 0 Å². The van der Waals surface area contributed by atoms with Gasteiger partial charge in [-0.15, -0.1) is 0 Å². The highest BCUT2D eigenvalue weighted by Crippen LogP contribution is 2.38. The van der Waals surface area contributed by atoms with Gasteiger partial charge in [-0.1, -0.05) is 52.1 Å². The van der Waals surface area contributed by atoms with Crippen LogP contribution in [0.15, 0.2) is 0 Å². The van der Waals surface area contributed by atoms with Crippen molar-refractivity contribution in [1.82, 2.24) is 5.09 Å². The van der Waals surface area contributed by atoms with Crippen LogP contribution in [0.3, 0.4) is 0 Å². The summed E-state index contributed by atoms with van der Waals surface area (Å²) in [5.41, 5.74) is 10.8. The SMILES string of the molecule is CCC(C)C(Br)(Br)C(=O)NP(N)(N)=S. The highest BCUT2D eigenvalue weighted by atomic mass is 79.9. The number of carbonyl (C=O) groups is 1. The summed E-state index contributed by atoms with van der Waals surface area (Å²) < 4.78 is -0.850. The van der Waals surface area contributed by atoms with Gasteiger partial charge in [0, 0.05) is 0 Å². The van der Waals surface area contributed by atoms with Crippen molar-refractivity contribution in [2.75, 3.05) is 0 Å². The van der Waals surface area contributed by atoms with Crippen molar-refractivity contribution in [2.45, 2.75) is 23.5 Å². The summed E-state index contributed by atoms with van der Waals surface area (Å²) in [7, 11) is 0. The molecule has 8 heteroatoms. The van der Waals surface area contributed by atoms with Crippen molar-refractivity contribution in [3.63, 3.8) is 0 Å². The topological polar surface area (TPSA) is 81.1 Å². The molecular weight excluding hydrogens is 353 g/mol. The third-order valence-electron chi connectivity index (χ3n) is 1.81. The predicted molar refractivity (Wildman–Crippen MR) is 70.8 cm³/mol. The Hall–Kier alpha value is 1.000. The van der Waals surface area contributed by atoms with Crippen LogP contribution in [-0.4, -0.2) is 9.14 Å². The maximum Gasteiger partial charge on any atom is 0.253 e. The molecule has 1 amide bonds. The Morgan fingerprint density at radius 3 is 2.36 bits per heavy atom. The number of carbonyl (C=O) groups excluding carboxylic acids is 1. The zero-order valence-electron chi connectivity index (χ0n) is 7.96. The molecule has 0 bridgehead atoms. The second-order valence-corrected chi connectivity index (χ2v) is 10.1. The van der Waals surface area contributed by atoms with Gasteiger partial charge in [-0.05, 0) is 17.7 Å². The van der Waals surface area contributed by atoms with Gasteiger partial charge in [0.2, 0.25) is 0 Å². The van der Waals surface area contributed by atoms with Crippen molar-refractivity contribution in [3.8, 4) is 0 Å². The quantitative estimate of drug-likeness (QED) is 0.523. The molecule has 0 spiro atoms. The molecule has 0 aromatic heterocycles. The van der Waals surface area contributed by atoms with E-state index in [4.69, 9.17) is 22.8 Å². The molecule has 0 aliphatic heterocycles. The lowest BCUT2D eigenvalue weighted by atomic mass is 10.1. The largest absolute Gasteiger partial charge is 0.304 e. The van der Waals surface area contributed by atoms with Crippen LogP contribution in [0.25, 0.3) is 0 Å². The second kappa shape index (κ2) is 5.37. The van der Waals surface area contributed by atoms with E-state index in [1.54, 1.807) is 0 Å². The van der Waals surface area contributed by atoms with E-state index in [1.165, 1.54) is 0 Å². The third kappa shape index (κ3) is 4.68. The van der Waals surface area contributed by atoms with Gasteiger partial charge in [0.25, 0.3) is 5.91 Å². The van der Waals surface area contributed by atoms with Crippen LogP contribution >= 0.6 is 38.3 Å². The van der Waals surface area contributed by atoms with E-state index < -0.39 is 9.72 Å². The van der Waals surface area contributed by atoms with Gasteiger partial charge in [-0.25, -0.2) is 0 Å². The fourth-order valence-corrected chi connectivity index (χ4v) is 2.61. The van der Waals surface area contributed by atoms with E-state index in [9.17, 15) is 4.79 Å². The van der Waals surface area contributed by atoms with Crippen molar-refractivity contribution >= 4 is 56.1 Å². The maximum absolute atomic E-state index is 11.7. The van der Waals surface area contributed by atoms with Gasteiger partial charge in [0.05, 0.1) is 0 Å². The molecule has 84 valence electrons. The smallest absolute Gasteiger partial charge is 0.253 e. The number of hydrogen-bond acceptors (Lipinski definition) is 2. The van der Waals surface area contributed by atoms with Crippen molar-refractivity contribution in [2.24, 2.45) is 16.9 Å². The molecule has 0 rings (SSSR count). The first-order valence-electron chi connectivity index (χ1n) is 3.99. The van der Waals surface area contributed by atoms with Crippen molar-refractivity contribution in [1.29, 1.82) is 0 Å². The van der Waals surface area contributed by atoms with E-state index in [0.29, 0.717) is 0 Å². The fraction of sp³-hybridized carbons (Fsp3) is 0.833. The average Bonchev–Trinajstić information content (AvgIpc) is 1.99. The number of amides is 1. The molecule has 0 fully saturated rings. The molecule has 0 saturated heterocycles. The minimum atomic E-state index is -2.69. The molecule has 1 atom stereocenters. The molecule has 0 radical (unpaired) electrons. The summed E-state index contributed by atoms with van der Waals surface area (Å²) >= 11 is 11.3. The summed E-state index contributed by atoms with van der Waals surface area (Å²) in [6, 6.07) is 0. The van der Waals surface area contributed by atoms with Gasteiger partial charge >= 0.3 is 0 Å². The number of hydrogen-bond donors (Lipinski definition) is 3. The summed E-state index contributed by atoms with van der Waals surface area (Å²) in [5.74, 6) is -0.218. The predicted octanol–water partition coefficient (Wildman–Crippen LogP) is 1.78. The second-order valence-electron chi connectivity index (χ2n) is 3.08. The van der Waals surface area contributed by atoms with Crippen molar-refractivity contribution < 1.29 is 4.79 Å². The maximum atomic E-state index is 11.7. The molecule has 0 heterocycles. The molecule has 1 unspecified atom stereocenters. The molecule has 4 nitrogen and oxygen atoms in total. The van der Waals surface area contributed by atoms with Gasteiger partial charge in [-0.3, -0.25) is 15.8 Å². The monoisotopic (exact) mass is 365 g/mol. The summed E-state index contributed by atoms with van der Waals surface area (Å²) in [5, 5.41) is 2.42. The summed E-state index contributed by atoms with van der Waals surface area (Å²) in [6.07, 6.45) is 0.835. The third-order valence-corrected chi connectivity index (χ3v) is 4.92. The normalized spacial score (nSPS) is 15.0. The standard InChI is InChI=1S/C6H14Br2N3OPS/c1-3-4(2)6(7,8)5(12)11-13(9,10)14/h4H,3H2,1-2H3,(H5,9,10,11,12,14). The molecule has 0 aromatic carbocycles. The van der Waals surface area contributed by atoms with Crippen LogP contribution in [-0.2, 0) is 16.6 Å². The minimum Gasteiger partial charge on any atom is -0.304 e. The fourth-order valence-electron chi connectivity index (χ4n) is 0.713. The Bertz CT molecular complexity index is 268. The van der Waals surface area contributed by atoms with E-state index in [-0.39, 0.29) is 11.8 Å². The van der Waals surface area contributed by atoms with Crippen molar-refractivity contribution in [3.05, 3.63) is 0 Å². The van der Waals surface area contributed by atoms with Crippen LogP contribution in [0.1, 0.15) is 20.3 Å². The number of nitrogens with two attached hydrogens (primary N) is 2. The molecule has 0 aliphatic rings. The lowest BCUT2D eigenvalue weighted by Crippen LogP contribution is -2.42. The first-order valence-corrected chi connectivity index (χ1v) is 8.51. The zero-order valence-corrected chi connectivity index (χ0v) is 12.8. The highest BCUT2D eigenvalue weighted by Gasteiger charge is 2.38. The molecular formula is C6H14Br2N3OPS. The average molecular weight is 367 g/mol. The van der Waals surface area contributed by atoms with Crippen LogP contribution < -0.4 is 16.1 Å². The summed E-state index contributed by atoms with van der Waals surface area (Å²) in [6.45, 7) is 1.22. The van der Waals surface area contributed by atoms with Gasteiger partial charge in [-0.2, -0.15) is 0 Å². The zero-order chi connectivity index (χ0) is 11.6. The molecule has 0 aromatic rings. The number of nitrogens with one attached hydrogen (secondary N) is 1. The lowest BCUT2D eigenvalue weighted by Gasteiger charge is -2.27. The van der Waals surface area contributed by atoms with E-state index in [2.05, 4.69) is 36.9 Å². The van der Waals surface area contributed by atoms with Crippen LogP contribution in [0, 0.1) is 5.92 Å². The summed E-state index contributed by atoms with van der Waals surface area (Å²) in [4.78, 5) is 11.7. The van der Waals surface area contributed by atoms with Gasteiger partial charge in [0.1, 0.15) is 0 Å². The Morgan fingerprint density at radius 2 is 2.07 bits per heavy atom. The molecule has 5 N–H and O–H groups in total. The van der Waals surface area contributed by atoms with Crippen LogP contribution in [0.2, 0.25) is 0 Å². The minimum absolute atomic E-state index is 0.101. The van der Waals surface area contributed by atoms with Gasteiger partial charge in [0.15, 0.2) is 9.72 Å². The Labute approximate surface area is 106 Å². The number of alkyl halides is 2. The molecule has 0 saturated carbocycles. The van der Waals surface area contributed by atoms with Crippen LogP contribution in [0.5, 0.6) is 0 Å². The van der Waals surface area contributed by atoms with E-state index in [1.807, 2.05) is 13.8 Å². The number of rotatable bonds is 4. The first kappa shape index (κ1) is 15.0. The van der Waals surface area contributed by atoms with Crippen LogP contribution in [0.4, 0.5) is 0 Å². The lowest BCUT2D eigenvalue weighted by molar-refractivity contribution is -0.120. The first-order chi connectivity index (χ1) is 6.11. The Balaban J connectivity index is 4.60. The van der Waals surface area contributed by atoms with Gasteiger partial charge < -0.3 is 5.09 Å². The highest BCUT2D eigenvalue weighted by molar-refractivity contribution is 9.26. The molecule has 14 heavy (non-hydrogen) atoms. The number of halogens is 2.